The number of hydrogen-bond donors (Lipinski definition) is 0. The first-order valence-electron chi connectivity index (χ1n) is 4.07. The van der Waals surface area contributed by atoms with Crippen LogP contribution in [0.5, 0.6) is 0 Å². The van der Waals surface area contributed by atoms with E-state index in [1.807, 2.05) is 0 Å². The van der Waals surface area contributed by atoms with Crippen LogP contribution in [0.4, 0.5) is 0 Å². The van der Waals surface area contributed by atoms with E-state index in [2.05, 4.69) is 15.9 Å². The Balaban J connectivity index is 3.44. The third kappa shape index (κ3) is 7.02. The summed E-state index contributed by atoms with van der Waals surface area (Å²) in [5, 5.41) is -0.427. The van der Waals surface area contributed by atoms with Crippen LogP contribution in [0, 0.1) is 0 Å². The topological polar surface area (TPSA) is 43.4 Å². The van der Waals surface area contributed by atoms with Crippen molar-refractivity contribution in [3.05, 3.63) is 0 Å². The minimum atomic E-state index is -0.427. The fourth-order valence-electron chi connectivity index (χ4n) is 0.772. The van der Waals surface area contributed by atoms with Crippen LogP contribution in [-0.2, 0) is 14.3 Å². The van der Waals surface area contributed by atoms with Crippen molar-refractivity contribution in [1.29, 1.82) is 0 Å². The van der Waals surface area contributed by atoms with Crippen molar-refractivity contribution in [2.45, 2.75) is 31.0 Å². The Morgan fingerprint density at radius 3 is 2.62 bits per heavy atom. The van der Waals surface area contributed by atoms with Gasteiger partial charge in [0.05, 0.1) is 11.4 Å². The van der Waals surface area contributed by atoms with Crippen molar-refractivity contribution in [2.75, 3.05) is 6.61 Å². The van der Waals surface area contributed by atoms with E-state index in [9.17, 15) is 9.59 Å². The largest absolute Gasteiger partial charge is 0.466 e. The molecule has 0 saturated heterocycles. The van der Waals surface area contributed by atoms with Crippen LogP contribution < -0.4 is 0 Å². The van der Waals surface area contributed by atoms with Crippen molar-refractivity contribution < 1.29 is 14.3 Å². The molecule has 0 aliphatic heterocycles. The molecule has 0 rings (SSSR count). The Morgan fingerprint density at radius 2 is 2.15 bits per heavy atom. The lowest BCUT2D eigenvalue weighted by Gasteiger charge is -2.03. The van der Waals surface area contributed by atoms with Gasteiger partial charge in [-0.1, -0.05) is 15.9 Å². The van der Waals surface area contributed by atoms with Crippen LogP contribution in [0.25, 0.3) is 0 Å². The van der Waals surface area contributed by atoms with Crippen LogP contribution in [0.3, 0.4) is 0 Å². The van der Waals surface area contributed by atoms with Gasteiger partial charge in [0, 0.05) is 6.42 Å². The summed E-state index contributed by atoms with van der Waals surface area (Å²) in [5.74, 6) is -0.232. The maximum atomic E-state index is 10.8. The van der Waals surface area contributed by atoms with Gasteiger partial charge in [-0.05, 0) is 31.4 Å². The highest BCUT2D eigenvalue weighted by Gasteiger charge is 2.12. The molecule has 1 unspecified atom stereocenters. The zero-order valence-electron chi connectivity index (χ0n) is 7.39. The summed E-state index contributed by atoms with van der Waals surface area (Å²) in [4.78, 5) is 21.0. The summed E-state index contributed by atoms with van der Waals surface area (Å²) >= 11 is 8.30. The third-order valence-corrected chi connectivity index (χ3v) is 2.79. The number of carbonyl (C=O) groups excluding carboxylic acids is 2. The molecule has 0 N–H and O–H groups in total. The maximum Gasteiger partial charge on any atom is 0.305 e. The average molecular weight is 272 g/mol. The van der Waals surface area contributed by atoms with Gasteiger partial charge in [0.1, 0.15) is 0 Å². The summed E-state index contributed by atoms with van der Waals surface area (Å²) < 4.78 is 4.71. The Morgan fingerprint density at radius 1 is 1.54 bits per heavy atom. The quantitative estimate of drug-likeness (QED) is 0.423. The molecule has 0 saturated carbocycles. The van der Waals surface area contributed by atoms with E-state index in [4.69, 9.17) is 16.3 Å². The van der Waals surface area contributed by atoms with Gasteiger partial charge in [0.15, 0.2) is 0 Å². The van der Waals surface area contributed by atoms with Crippen LogP contribution in [0.15, 0.2) is 0 Å². The lowest BCUT2D eigenvalue weighted by Crippen LogP contribution is -2.09. The van der Waals surface area contributed by atoms with Gasteiger partial charge in [-0.25, -0.2) is 0 Å². The maximum absolute atomic E-state index is 10.8. The molecule has 0 radical (unpaired) electrons. The average Bonchev–Trinajstić information content (AvgIpc) is 2.04. The van der Waals surface area contributed by atoms with Crippen molar-refractivity contribution in [1.82, 2.24) is 0 Å². The Hall–Kier alpha value is -0.0900. The lowest BCUT2D eigenvalue weighted by molar-refractivity contribution is -0.143. The van der Waals surface area contributed by atoms with E-state index in [0.717, 1.165) is 0 Å². The van der Waals surface area contributed by atoms with Gasteiger partial charge in [-0.2, -0.15) is 0 Å². The van der Waals surface area contributed by atoms with Gasteiger partial charge < -0.3 is 4.74 Å². The van der Waals surface area contributed by atoms with Crippen molar-refractivity contribution in [3.8, 4) is 0 Å². The summed E-state index contributed by atoms with van der Waals surface area (Å²) in [6.07, 6.45) is 1.49. The molecule has 0 aliphatic rings. The standard InChI is InChI=1S/C8H12BrClO3/c1-2-13-7(11)5-3-4-6(9)8(10)12/h6H,2-5H2,1H3. The molecular formula is C8H12BrClO3. The molecule has 0 fully saturated rings. The number of esters is 1. The molecule has 0 aliphatic carbocycles. The first kappa shape index (κ1) is 12.9. The van der Waals surface area contributed by atoms with E-state index in [1.54, 1.807) is 6.92 Å². The second-order valence-corrected chi connectivity index (χ2v) is 3.95. The molecule has 76 valence electrons. The first-order valence-corrected chi connectivity index (χ1v) is 5.36. The smallest absolute Gasteiger partial charge is 0.305 e. The van der Waals surface area contributed by atoms with Crippen LogP contribution in [0.1, 0.15) is 26.2 Å². The summed E-state index contributed by atoms with van der Waals surface area (Å²) in [6.45, 7) is 2.15. The van der Waals surface area contributed by atoms with Crippen molar-refractivity contribution >= 4 is 38.7 Å². The Kier molecular flexibility index (Phi) is 7.28. The third-order valence-electron chi connectivity index (χ3n) is 1.39. The molecule has 0 heterocycles. The molecule has 0 aromatic rings. The minimum Gasteiger partial charge on any atom is -0.466 e. The number of rotatable bonds is 6. The summed E-state index contributed by atoms with van der Waals surface area (Å²) in [6, 6.07) is 0. The summed E-state index contributed by atoms with van der Waals surface area (Å²) in [7, 11) is 0. The molecule has 0 spiro atoms. The second kappa shape index (κ2) is 7.33. The summed E-state index contributed by atoms with van der Waals surface area (Å²) in [5.41, 5.74) is 0. The predicted molar refractivity (Wildman–Crippen MR) is 54.1 cm³/mol. The molecule has 3 nitrogen and oxygen atoms in total. The number of ether oxygens (including phenoxy) is 1. The first-order chi connectivity index (χ1) is 6.07. The van der Waals surface area contributed by atoms with Crippen LogP contribution in [0.2, 0.25) is 0 Å². The molecule has 5 heteroatoms. The Bertz CT molecular complexity index is 184. The number of halogens is 2. The molecule has 13 heavy (non-hydrogen) atoms. The normalized spacial score (nSPS) is 12.2. The van der Waals surface area contributed by atoms with E-state index < -0.39 is 5.24 Å². The van der Waals surface area contributed by atoms with Gasteiger partial charge >= 0.3 is 5.97 Å². The fourth-order valence-corrected chi connectivity index (χ4v) is 1.21. The molecule has 0 bridgehead atoms. The monoisotopic (exact) mass is 270 g/mol. The van der Waals surface area contributed by atoms with Gasteiger partial charge in [0.2, 0.25) is 5.24 Å². The minimum absolute atomic E-state index is 0.232. The lowest BCUT2D eigenvalue weighted by atomic mass is 10.2. The zero-order chi connectivity index (χ0) is 10.3. The SMILES string of the molecule is CCOC(=O)CCCC(Br)C(=O)Cl. The fraction of sp³-hybridized carbons (Fsp3) is 0.750. The van der Waals surface area contributed by atoms with Crippen molar-refractivity contribution in [2.24, 2.45) is 0 Å². The highest BCUT2D eigenvalue weighted by molar-refractivity contribution is 9.10. The molecule has 0 aromatic heterocycles. The number of hydrogen-bond acceptors (Lipinski definition) is 3. The second-order valence-electron chi connectivity index (χ2n) is 2.47. The van der Waals surface area contributed by atoms with Gasteiger partial charge in [0.25, 0.3) is 0 Å². The molecule has 0 amide bonds. The highest BCUT2D eigenvalue weighted by atomic mass is 79.9. The van der Waals surface area contributed by atoms with E-state index >= 15 is 0 Å². The molecule has 0 aromatic carbocycles. The molecular weight excluding hydrogens is 259 g/mol. The number of carbonyl (C=O) groups is 2. The van der Waals surface area contributed by atoms with E-state index in [-0.39, 0.29) is 10.8 Å². The number of alkyl halides is 1. The van der Waals surface area contributed by atoms with Crippen molar-refractivity contribution in [3.63, 3.8) is 0 Å². The van der Waals surface area contributed by atoms with E-state index in [1.165, 1.54) is 0 Å². The highest BCUT2D eigenvalue weighted by Crippen LogP contribution is 2.13. The molecule has 1 atom stereocenters. The zero-order valence-corrected chi connectivity index (χ0v) is 9.73. The Labute approximate surface area is 90.9 Å². The predicted octanol–water partition coefficient (Wildman–Crippen LogP) is 2.25. The van der Waals surface area contributed by atoms with Crippen LogP contribution in [-0.4, -0.2) is 22.6 Å². The van der Waals surface area contributed by atoms with Gasteiger partial charge in [-0.15, -0.1) is 0 Å². The van der Waals surface area contributed by atoms with Gasteiger partial charge in [-0.3, -0.25) is 9.59 Å². The van der Waals surface area contributed by atoms with E-state index in [0.29, 0.717) is 25.9 Å². The van der Waals surface area contributed by atoms with Crippen LogP contribution >= 0.6 is 27.5 Å².